The molecule has 1 aromatic carbocycles. The van der Waals surface area contributed by atoms with Gasteiger partial charge in [-0.15, -0.1) is 0 Å². The van der Waals surface area contributed by atoms with Gasteiger partial charge in [0.15, 0.2) is 0 Å². The molecule has 0 spiro atoms. The molecular weight excluding hydrogens is 380 g/mol. The fourth-order valence-electron chi connectivity index (χ4n) is 2.34. The Labute approximate surface area is 172 Å². The van der Waals surface area contributed by atoms with E-state index in [-0.39, 0.29) is 0 Å². The van der Waals surface area contributed by atoms with Crippen LogP contribution in [0.15, 0.2) is 18.2 Å². The average molecular weight is 412 g/mol. The Morgan fingerprint density at radius 2 is 0.966 bits per heavy atom. The standard InChI is InChI=1S/C21H32O8/c1-24-4-5-26-8-9-28-12-13-29-11-10-27-7-6-25-3-2-19-14-20(17-22)16-21(15-19)18-23/h14-18H,2-13H2,1H3. The molecule has 0 bridgehead atoms. The highest BCUT2D eigenvalue weighted by Gasteiger charge is 2.01. The molecule has 0 saturated carbocycles. The van der Waals surface area contributed by atoms with Crippen LogP contribution in [-0.4, -0.2) is 92.4 Å². The lowest BCUT2D eigenvalue weighted by Gasteiger charge is -2.08. The third-order valence-corrected chi connectivity index (χ3v) is 3.76. The van der Waals surface area contributed by atoms with Crippen LogP contribution >= 0.6 is 0 Å². The van der Waals surface area contributed by atoms with Gasteiger partial charge in [0.2, 0.25) is 0 Å². The van der Waals surface area contributed by atoms with E-state index in [9.17, 15) is 9.59 Å². The fraction of sp³-hybridized carbons (Fsp3) is 0.619. The van der Waals surface area contributed by atoms with Crippen LogP contribution in [0.4, 0.5) is 0 Å². The first-order valence-electron chi connectivity index (χ1n) is 9.72. The van der Waals surface area contributed by atoms with E-state index < -0.39 is 0 Å². The Balaban J connectivity index is 1.87. The van der Waals surface area contributed by atoms with Gasteiger partial charge in [0.05, 0.1) is 72.7 Å². The van der Waals surface area contributed by atoms with E-state index in [1.165, 1.54) is 0 Å². The van der Waals surface area contributed by atoms with Crippen LogP contribution in [0.2, 0.25) is 0 Å². The summed E-state index contributed by atoms with van der Waals surface area (Å²) in [7, 11) is 1.64. The van der Waals surface area contributed by atoms with Crippen LogP contribution in [0, 0.1) is 0 Å². The SMILES string of the molecule is COCCOCCOCCOCCOCCOCCc1cc(C=O)cc(C=O)c1. The van der Waals surface area contributed by atoms with E-state index in [1.807, 2.05) is 0 Å². The Hall–Kier alpha value is -1.68. The first-order chi connectivity index (χ1) is 14.3. The minimum Gasteiger partial charge on any atom is -0.382 e. The van der Waals surface area contributed by atoms with Crippen molar-refractivity contribution in [3.63, 3.8) is 0 Å². The van der Waals surface area contributed by atoms with Gasteiger partial charge in [-0.2, -0.15) is 0 Å². The van der Waals surface area contributed by atoms with Crippen LogP contribution < -0.4 is 0 Å². The Kier molecular flexibility index (Phi) is 16.0. The molecule has 1 rings (SSSR count). The van der Waals surface area contributed by atoms with Gasteiger partial charge in [0, 0.05) is 18.2 Å². The van der Waals surface area contributed by atoms with E-state index in [0.29, 0.717) is 90.2 Å². The normalized spacial score (nSPS) is 10.9. The summed E-state index contributed by atoms with van der Waals surface area (Å²) in [6.07, 6.45) is 2.10. The zero-order chi connectivity index (χ0) is 21.0. The zero-order valence-electron chi connectivity index (χ0n) is 17.1. The van der Waals surface area contributed by atoms with E-state index in [2.05, 4.69) is 0 Å². The lowest BCUT2D eigenvalue weighted by atomic mass is 10.1. The van der Waals surface area contributed by atoms with E-state index in [4.69, 9.17) is 28.4 Å². The Morgan fingerprint density at radius 1 is 0.586 bits per heavy atom. The molecule has 0 fully saturated rings. The van der Waals surface area contributed by atoms with Gasteiger partial charge in [0.1, 0.15) is 12.6 Å². The molecule has 164 valence electrons. The second-order valence-electron chi connectivity index (χ2n) is 6.05. The van der Waals surface area contributed by atoms with E-state index in [0.717, 1.165) is 18.1 Å². The minimum atomic E-state index is 0.472. The van der Waals surface area contributed by atoms with Crippen molar-refractivity contribution < 1.29 is 38.0 Å². The van der Waals surface area contributed by atoms with Crippen LogP contribution in [0.3, 0.4) is 0 Å². The van der Waals surface area contributed by atoms with Gasteiger partial charge >= 0.3 is 0 Å². The van der Waals surface area contributed by atoms with Crippen molar-refractivity contribution in [1.29, 1.82) is 0 Å². The number of ether oxygens (including phenoxy) is 6. The van der Waals surface area contributed by atoms with Gasteiger partial charge in [-0.25, -0.2) is 0 Å². The van der Waals surface area contributed by atoms with Crippen LogP contribution in [0.1, 0.15) is 26.3 Å². The number of hydrogen-bond acceptors (Lipinski definition) is 8. The molecule has 0 saturated heterocycles. The molecule has 0 atom stereocenters. The molecule has 0 aromatic heterocycles. The molecule has 0 radical (unpaired) electrons. The molecule has 1 aromatic rings. The van der Waals surface area contributed by atoms with E-state index >= 15 is 0 Å². The van der Waals surface area contributed by atoms with Crippen molar-refractivity contribution >= 4 is 12.6 Å². The van der Waals surface area contributed by atoms with Crippen molar-refractivity contribution in [1.82, 2.24) is 0 Å². The van der Waals surface area contributed by atoms with Crippen molar-refractivity contribution in [2.45, 2.75) is 6.42 Å². The highest BCUT2D eigenvalue weighted by atomic mass is 16.6. The number of benzene rings is 1. The molecule has 0 N–H and O–H groups in total. The number of aldehydes is 2. The highest BCUT2D eigenvalue weighted by Crippen LogP contribution is 2.08. The molecule has 0 aliphatic carbocycles. The minimum absolute atomic E-state index is 0.472. The van der Waals surface area contributed by atoms with Gasteiger partial charge < -0.3 is 28.4 Å². The predicted molar refractivity (Wildman–Crippen MR) is 107 cm³/mol. The van der Waals surface area contributed by atoms with Crippen molar-refractivity contribution in [3.05, 3.63) is 34.9 Å². The van der Waals surface area contributed by atoms with Gasteiger partial charge in [0.25, 0.3) is 0 Å². The molecule has 0 amide bonds. The fourth-order valence-corrected chi connectivity index (χ4v) is 2.34. The summed E-state index contributed by atoms with van der Waals surface area (Å²) in [5.41, 5.74) is 1.89. The molecular formula is C21H32O8. The maximum absolute atomic E-state index is 10.9. The third-order valence-electron chi connectivity index (χ3n) is 3.76. The first-order valence-corrected chi connectivity index (χ1v) is 9.72. The summed E-state index contributed by atoms with van der Waals surface area (Å²) < 4.78 is 31.8. The Morgan fingerprint density at radius 3 is 1.34 bits per heavy atom. The van der Waals surface area contributed by atoms with Crippen LogP contribution in [-0.2, 0) is 34.8 Å². The molecule has 0 unspecified atom stereocenters. The third kappa shape index (κ3) is 14.0. The Bertz CT molecular complexity index is 523. The summed E-state index contributed by atoms with van der Waals surface area (Å²) in [5, 5.41) is 0. The predicted octanol–water partition coefficient (Wildman–Crippen LogP) is 1.58. The van der Waals surface area contributed by atoms with E-state index in [1.54, 1.807) is 25.3 Å². The number of rotatable bonds is 20. The molecule has 0 aliphatic rings. The van der Waals surface area contributed by atoms with Crippen molar-refractivity contribution in [2.24, 2.45) is 0 Å². The highest BCUT2D eigenvalue weighted by molar-refractivity contribution is 5.82. The lowest BCUT2D eigenvalue weighted by Crippen LogP contribution is -2.14. The molecule has 8 nitrogen and oxygen atoms in total. The largest absolute Gasteiger partial charge is 0.382 e. The van der Waals surface area contributed by atoms with Crippen LogP contribution in [0.25, 0.3) is 0 Å². The molecule has 29 heavy (non-hydrogen) atoms. The molecule has 8 heteroatoms. The zero-order valence-corrected chi connectivity index (χ0v) is 17.1. The quantitative estimate of drug-likeness (QED) is 0.236. The smallest absolute Gasteiger partial charge is 0.150 e. The average Bonchev–Trinajstić information content (AvgIpc) is 2.75. The molecule has 0 aliphatic heterocycles. The first kappa shape index (κ1) is 25.4. The number of carbonyl (C=O) groups is 2. The van der Waals surface area contributed by atoms with Crippen LogP contribution in [0.5, 0.6) is 0 Å². The second kappa shape index (κ2) is 18.4. The summed E-state index contributed by atoms with van der Waals surface area (Å²) in [6.45, 7) is 5.73. The van der Waals surface area contributed by atoms with Crippen molar-refractivity contribution in [2.75, 3.05) is 79.8 Å². The van der Waals surface area contributed by atoms with Gasteiger partial charge in [-0.1, -0.05) is 0 Å². The number of methoxy groups -OCH3 is 1. The summed E-state index contributed by atoms with van der Waals surface area (Å²) in [6, 6.07) is 5.08. The summed E-state index contributed by atoms with van der Waals surface area (Å²) in [5.74, 6) is 0. The topological polar surface area (TPSA) is 89.5 Å². The summed E-state index contributed by atoms with van der Waals surface area (Å²) in [4.78, 5) is 21.7. The van der Waals surface area contributed by atoms with Gasteiger partial charge in [-0.3, -0.25) is 9.59 Å². The maximum atomic E-state index is 10.9. The van der Waals surface area contributed by atoms with Gasteiger partial charge in [-0.05, 0) is 30.2 Å². The number of hydrogen-bond donors (Lipinski definition) is 0. The summed E-state index contributed by atoms with van der Waals surface area (Å²) >= 11 is 0. The second-order valence-corrected chi connectivity index (χ2v) is 6.05. The number of carbonyl (C=O) groups excluding carboxylic acids is 2. The maximum Gasteiger partial charge on any atom is 0.150 e. The van der Waals surface area contributed by atoms with Crippen molar-refractivity contribution in [3.8, 4) is 0 Å². The lowest BCUT2D eigenvalue weighted by molar-refractivity contribution is -0.0145. The monoisotopic (exact) mass is 412 g/mol. The molecule has 0 heterocycles.